The molecule has 2 fully saturated rings. The minimum absolute atomic E-state index is 0. The zero-order valence-corrected chi connectivity index (χ0v) is 31.5. The third-order valence-electron chi connectivity index (χ3n) is 7.34. The van der Waals surface area contributed by atoms with Crippen LogP contribution in [0.15, 0.2) is 65.5 Å². The smallest absolute Gasteiger partial charge is 0.116 e. The van der Waals surface area contributed by atoms with E-state index in [1.54, 1.807) is 0 Å². The molecule has 10 radical (unpaired) electrons. The van der Waals surface area contributed by atoms with Gasteiger partial charge in [-0.05, 0) is 91.0 Å². The van der Waals surface area contributed by atoms with Crippen LogP contribution in [0.3, 0.4) is 0 Å². The second-order valence-electron chi connectivity index (χ2n) is 10.1. The summed E-state index contributed by atoms with van der Waals surface area (Å²) in [7, 11) is 0. The van der Waals surface area contributed by atoms with E-state index in [-0.39, 0.29) is 17.1 Å². The van der Waals surface area contributed by atoms with Gasteiger partial charge in [0.15, 0.2) is 0 Å². The molecule has 6 aliphatic rings. The summed E-state index contributed by atoms with van der Waals surface area (Å²) in [6, 6.07) is 16.3. The topological polar surface area (TPSA) is 0 Å². The molecular formula is C36H26FeS8+2. The summed E-state index contributed by atoms with van der Waals surface area (Å²) in [5.41, 5.74) is 1.25. The summed E-state index contributed by atoms with van der Waals surface area (Å²) in [6.07, 6.45) is 23.0. The number of thioether (sulfide) groups is 8. The SMILES string of the molecule is [CH]1[CH][CH][CH][CH]1.[CH]1[CH][CH][C](/C=C/c2ccc3c(=C4SC5=C(SCCS5)S4)c4ccccc4c(=C4SC5=C(SCCS5)S4)c3c2)[CH]1.[Fe+2]. The first-order chi connectivity index (χ1) is 21.8. The van der Waals surface area contributed by atoms with Crippen molar-refractivity contribution >= 4 is 130 Å². The van der Waals surface area contributed by atoms with Crippen molar-refractivity contribution in [2.45, 2.75) is 0 Å². The fourth-order valence-electron chi connectivity index (χ4n) is 5.39. The van der Waals surface area contributed by atoms with Crippen LogP contribution in [0.1, 0.15) is 5.56 Å². The summed E-state index contributed by atoms with van der Waals surface area (Å²) in [5.74, 6) is 6.09. The quantitative estimate of drug-likeness (QED) is 0.184. The summed E-state index contributed by atoms with van der Waals surface area (Å²) >= 11 is 16.1. The molecule has 0 saturated heterocycles. The molecule has 0 spiro atoms. The van der Waals surface area contributed by atoms with Gasteiger partial charge in [-0.3, -0.25) is 0 Å². The number of fused-ring (bicyclic) bond motifs is 2. The van der Waals surface area contributed by atoms with Gasteiger partial charge in [0.1, 0.15) is 0 Å². The third-order valence-corrected chi connectivity index (χ3v) is 18.9. The minimum atomic E-state index is 0. The van der Waals surface area contributed by atoms with Crippen LogP contribution >= 0.6 is 94.1 Å². The number of hydrogen-bond donors (Lipinski definition) is 0. The zero-order valence-electron chi connectivity index (χ0n) is 23.8. The van der Waals surface area contributed by atoms with E-state index < -0.39 is 0 Å². The second-order valence-corrected chi connectivity index (χ2v) is 20.2. The Labute approximate surface area is 312 Å². The van der Waals surface area contributed by atoms with Crippen molar-refractivity contribution in [3.8, 4) is 0 Å². The van der Waals surface area contributed by atoms with Gasteiger partial charge in [-0.25, -0.2) is 0 Å². The summed E-state index contributed by atoms with van der Waals surface area (Å²) in [6.45, 7) is 0. The van der Waals surface area contributed by atoms with Crippen LogP contribution in [0.5, 0.6) is 0 Å². The first kappa shape index (κ1) is 33.9. The van der Waals surface area contributed by atoms with E-state index in [4.69, 9.17) is 0 Å². The fraction of sp³-hybridized carbons (Fsp3) is 0.111. The van der Waals surface area contributed by atoms with Crippen LogP contribution in [0.2, 0.25) is 0 Å². The Hall–Kier alpha value is 0.459. The molecule has 0 atom stereocenters. The molecule has 0 amide bonds. The molecule has 4 heterocycles. The molecule has 0 N–H and O–H groups in total. The van der Waals surface area contributed by atoms with Gasteiger partial charge in [0.25, 0.3) is 0 Å². The number of benzene rings is 3. The van der Waals surface area contributed by atoms with Gasteiger partial charge < -0.3 is 0 Å². The van der Waals surface area contributed by atoms with Crippen molar-refractivity contribution in [3.05, 3.63) is 145 Å². The first-order valence-electron chi connectivity index (χ1n) is 14.3. The third kappa shape index (κ3) is 7.49. The van der Waals surface area contributed by atoms with Gasteiger partial charge in [-0.2, -0.15) is 0 Å². The normalized spacial score (nSPS) is 22.0. The summed E-state index contributed by atoms with van der Waals surface area (Å²) < 4.78 is 8.89. The molecule has 0 bridgehead atoms. The van der Waals surface area contributed by atoms with Crippen molar-refractivity contribution in [2.75, 3.05) is 23.0 Å². The van der Waals surface area contributed by atoms with Crippen molar-refractivity contribution in [3.63, 3.8) is 0 Å². The number of rotatable bonds is 2. The molecule has 45 heavy (non-hydrogen) atoms. The van der Waals surface area contributed by atoms with Crippen LogP contribution < -0.4 is 10.4 Å². The van der Waals surface area contributed by atoms with Gasteiger partial charge >= 0.3 is 17.1 Å². The van der Waals surface area contributed by atoms with E-state index in [2.05, 4.69) is 80.3 Å². The molecule has 9 heteroatoms. The minimum Gasteiger partial charge on any atom is -0.116 e. The standard InChI is InChI=1S/C31H21S8.C5H5.Fe/c1-2-6-18(5-1)9-10-19-11-12-22-23(17-19)25(27-38-30-31(39-27)35-16-15-34-30)21-8-4-3-7-20(21)24(22)26-36-28-29(37-26)33-14-13-32-28;1-2-4-5-3-1;/h1-12,17H,13-16H2;1-5H;/q;;+2/b10-9+;;. The predicted octanol–water partition coefficient (Wildman–Crippen LogP) is 10.7. The molecule has 3 aromatic carbocycles. The van der Waals surface area contributed by atoms with Gasteiger partial charge in [0.2, 0.25) is 0 Å². The Morgan fingerprint density at radius 3 is 1.38 bits per heavy atom. The Morgan fingerprint density at radius 2 is 0.889 bits per heavy atom. The van der Waals surface area contributed by atoms with Crippen LogP contribution in [-0.2, 0) is 17.1 Å². The number of allylic oxidation sites excluding steroid dienone is 1. The molecule has 3 aromatic rings. The van der Waals surface area contributed by atoms with E-state index in [9.17, 15) is 0 Å². The van der Waals surface area contributed by atoms with Gasteiger partial charge in [0.05, 0.1) is 25.4 Å². The maximum atomic E-state index is 2.44. The van der Waals surface area contributed by atoms with Gasteiger partial charge in [0, 0.05) is 39.4 Å². The molecule has 0 aromatic heterocycles. The van der Waals surface area contributed by atoms with Crippen LogP contribution in [0, 0.1) is 63.7 Å². The Kier molecular flexibility index (Phi) is 12.1. The molecule has 0 nitrogen and oxygen atoms in total. The maximum absolute atomic E-state index is 2.44. The number of hydrogen-bond acceptors (Lipinski definition) is 8. The fourth-order valence-corrected chi connectivity index (χ4v) is 17.6. The average molecular weight is 771 g/mol. The zero-order chi connectivity index (χ0) is 29.3. The van der Waals surface area contributed by atoms with Crippen molar-refractivity contribution < 1.29 is 17.1 Å². The largest absolute Gasteiger partial charge is 2.00 e. The first-order valence-corrected chi connectivity index (χ1v) is 21.5. The predicted molar refractivity (Wildman–Crippen MR) is 213 cm³/mol. The van der Waals surface area contributed by atoms with Crippen LogP contribution in [0.4, 0.5) is 0 Å². The summed E-state index contributed by atoms with van der Waals surface area (Å²) in [5, 5.41) is 8.32. The molecule has 9 rings (SSSR count). The maximum Gasteiger partial charge on any atom is 2.00 e. The Morgan fingerprint density at radius 1 is 0.444 bits per heavy atom. The van der Waals surface area contributed by atoms with E-state index in [1.165, 1.54) is 91.9 Å². The molecule has 224 valence electrons. The molecular weight excluding hydrogens is 745 g/mol. The van der Waals surface area contributed by atoms with Crippen molar-refractivity contribution in [1.29, 1.82) is 0 Å². The summed E-state index contributed by atoms with van der Waals surface area (Å²) in [4.78, 5) is 0. The molecule has 2 saturated carbocycles. The van der Waals surface area contributed by atoms with Crippen LogP contribution in [0.25, 0.3) is 36.1 Å². The molecule has 0 unspecified atom stereocenters. The Bertz CT molecular complexity index is 1770. The average Bonchev–Trinajstić information content (AvgIpc) is 3.90. The van der Waals surface area contributed by atoms with Crippen LogP contribution in [-0.4, -0.2) is 23.0 Å². The van der Waals surface area contributed by atoms with Crippen molar-refractivity contribution in [2.24, 2.45) is 0 Å². The molecule has 4 aliphatic heterocycles. The van der Waals surface area contributed by atoms with E-state index in [1.807, 2.05) is 126 Å². The van der Waals surface area contributed by atoms with Gasteiger partial charge in [-0.15, -0.1) is 47.0 Å². The Balaban J connectivity index is 0.000000497. The van der Waals surface area contributed by atoms with Crippen molar-refractivity contribution in [1.82, 2.24) is 0 Å². The van der Waals surface area contributed by atoms with E-state index in [0.717, 1.165) is 0 Å². The van der Waals surface area contributed by atoms with E-state index in [0.29, 0.717) is 0 Å². The monoisotopic (exact) mass is 770 g/mol. The molecule has 2 aliphatic carbocycles. The second kappa shape index (κ2) is 16.0. The van der Waals surface area contributed by atoms with E-state index >= 15 is 0 Å². The van der Waals surface area contributed by atoms with Gasteiger partial charge in [-0.1, -0.05) is 95.6 Å².